The highest BCUT2D eigenvalue weighted by Crippen LogP contribution is 2.27. The molecule has 3 aromatic carbocycles. The van der Waals surface area contributed by atoms with Gasteiger partial charge in [0.15, 0.2) is 0 Å². The molecule has 0 atom stereocenters. The van der Waals surface area contributed by atoms with Gasteiger partial charge in [0.05, 0.1) is 0 Å². The maximum Gasteiger partial charge on any atom is 0.132 e. The molecule has 0 saturated carbocycles. The van der Waals surface area contributed by atoms with Crippen molar-refractivity contribution in [2.75, 3.05) is 0 Å². The zero-order valence-corrected chi connectivity index (χ0v) is 12.5. The second kappa shape index (κ2) is 6.81. The maximum absolute atomic E-state index is 14.2. The zero-order valence-electron chi connectivity index (χ0n) is 12.5. The molecule has 0 N–H and O–H groups in total. The van der Waals surface area contributed by atoms with Crippen LogP contribution in [0.4, 0.5) is 4.39 Å². The number of terminal acetylenes is 1. The van der Waals surface area contributed by atoms with Gasteiger partial charge in [0.25, 0.3) is 0 Å². The first-order chi connectivity index (χ1) is 11.3. The van der Waals surface area contributed by atoms with Crippen molar-refractivity contribution in [2.45, 2.75) is 6.61 Å². The summed E-state index contributed by atoms with van der Waals surface area (Å²) < 4.78 is 20.0. The monoisotopic (exact) mass is 302 g/mol. The van der Waals surface area contributed by atoms with Crippen LogP contribution in [0.5, 0.6) is 5.75 Å². The quantitative estimate of drug-likeness (QED) is 0.613. The smallest absolute Gasteiger partial charge is 0.132 e. The van der Waals surface area contributed by atoms with Crippen molar-refractivity contribution < 1.29 is 9.13 Å². The summed E-state index contributed by atoms with van der Waals surface area (Å²) in [6, 6.07) is 22.1. The van der Waals surface area contributed by atoms with Crippen LogP contribution in [0.1, 0.15) is 11.1 Å². The van der Waals surface area contributed by atoms with Crippen LogP contribution < -0.4 is 4.74 Å². The van der Waals surface area contributed by atoms with Gasteiger partial charge in [0, 0.05) is 11.1 Å². The highest BCUT2D eigenvalue weighted by Gasteiger charge is 2.07. The predicted molar refractivity (Wildman–Crippen MR) is 90.5 cm³/mol. The lowest BCUT2D eigenvalue weighted by molar-refractivity contribution is 0.306. The minimum Gasteiger partial charge on any atom is -0.489 e. The van der Waals surface area contributed by atoms with Crippen molar-refractivity contribution >= 4 is 0 Å². The standard InChI is InChI=1S/C21H15FO/c1-2-16-11-12-20(21(22)13-16)18-9-6-10-19(14-18)23-15-17-7-4-3-5-8-17/h1,3-14H,15H2. The van der Waals surface area contributed by atoms with Gasteiger partial charge in [-0.2, -0.15) is 0 Å². The molecule has 0 aliphatic heterocycles. The summed E-state index contributed by atoms with van der Waals surface area (Å²) in [4.78, 5) is 0. The van der Waals surface area contributed by atoms with E-state index in [4.69, 9.17) is 11.2 Å². The Morgan fingerprint density at radius 2 is 1.74 bits per heavy atom. The molecular formula is C21H15FO. The van der Waals surface area contributed by atoms with Crippen molar-refractivity contribution in [2.24, 2.45) is 0 Å². The molecule has 0 amide bonds. The fourth-order valence-electron chi connectivity index (χ4n) is 2.33. The minimum atomic E-state index is -0.333. The Bertz CT molecular complexity index is 847. The van der Waals surface area contributed by atoms with Crippen molar-refractivity contribution in [3.8, 4) is 29.2 Å². The topological polar surface area (TPSA) is 9.23 Å². The van der Waals surface area contributed by atoms with Crippen molar-refractivity contribution in [3.63, 3.8) is 0 Å². The third-order valence-electron chi connectivity index (χ3n) is 3.53. The highest BCUT2D eigenvalue weighted by atomic mass is 19.1. The number of rotatable bonds is 4. The molecular weight excluding hydrogens is 287 g/mol. The van der Waals surface area contributed by atoms with Gasteiger partial charge in [-0.3, -0.25) is 0 Å². The molecule has 112 valence electrons. The van der Waals surface area contributed by atoms with Gasteiger partial charge in [0.1, 0.15) is 18.2 Å². The number of benzene rings is 3. The zero-order chi connectivity index (χ0) is 16.1. The number of hydrogen-bond donors (Lipinski definition) is 0. The first kappa shape index (κ1) is 14.9. The molecule has 0 aromatic heterocycles. The third kappa shape index (κ3) is 3.59. The Morgan fingerprint density at radius 1 is 0.913 bits per heavy atom. The Kier molecular flexibility index (Phi) is 4.40. The van der Waals surface area contributed by atoms with Crippen LogP contribution in [0.25, 0.3) is 11.1 Å². The molecule has 0 radical (unpaired) electrons. The van der Waals surface area contributed by atoms with E-state index in [2.05, 4.69) is 5.92 Å². The van der Waals surface area contributed by atoms with Gasteiger partial charge >= 0.3 is 0 Å². The first-order valence-electron chi connectivity index (χ1n) is 7.29. The van der Waals surface area contributed by atoms with Crippen molar-refractivity contribution in [1.82, 2.24) is 0 Å². The molecule has 0 bridgehead atoms. The summed E-state index contributed by atoms with van der Waals surface area (Å²) in [7, 11) is 0. The number of hydrogen-bond acceptors (Lipinski definition) is 1. The lowest BCUT2D eigenvalue weighted by Gasteiger charge is -2.09. The van der Waals surface area contributed by atoms with E-state index >= 15 is 0 Å². The second-order valence-corrected chi connectivity index (χ2v) is 5.14. The van der Waals surface area contributed by atoms with E-state index in [1.165, 1.54) is 6.07 Å². The van der Waals surface area contributed by atoms with E-state index in [1.807, 2.05) is 54.6 Å². The van der Waals surface area contributed by atoms with Gasteiger partial charge in [-0.25, -0.2) is 4.39 Å². The Morgan fingerprint density at radius 3 is 2.48 bits per heavy atom. The second-order valence-electron chi connectivity index (χ2n) is 5.14. The average molecular weight is 302 g/mol. The predicted octanol–water partition coefficient (Wildman–Crippen LogP) is 5.05. The molecule has 3 rings (SSSR count). The van der Waals surface area contributed by atoms with Crippen LogP contribution in [-0.2, 0) is 6.61 Å². The molecule has 3 aromatic rings. The number of halogens is 1. The van der Waals surface area contributed by atoms with Crippen LogP contribution >= 0.6 is 0 Å². The van der Waals surface area contributed by atoms with Crippen molar-refractivity contribution in [3.05, 3.63) is 89.7 Å². The van der Waals surface area contributed by atoms with E-state index in [9.17, 15) is 4.39 Å². The van der Waals surface area contributed by atoms with Crippen LogP contribution in [-0.4, -0.2) is 0 Å². The Balaban J connectivity index is 1.81. The fraction of sp³-hybridized carbons (Fsp3) is 0.0476. The average Bonchev–Trinajstić information content (AvgIpc) is 2.61. The van der Waals surface area contributed by atoms with Gasteiger partial charge < -0.3 is 4.74 Å². The van der Waals surface area contributed by atoms with Gasteiger partial charge in [-0.05, 0) is 35.4 Å². The summed E-state index contributed by atoms with van der Waals surface area (Å²) >= 11 is 0. The lowest BCUT2D eigenvalue weighted by atomic mass is 10.0. The summed E-state index contributed by atoms with van der Waals surface area (Å²) in [6.07, 6.45) is 5.29. The first-order valence-corrected chi connectivity index (χ1v) is 7.29. The normalized spacial score (nSPS) is 10.1. The summed E-state index contributed by atoms with van der Waals surface area (Å²) in [6.45, 7) is 0.475. The van der Waals surface area contributed by atoms with E-state index < -0.39 is 0 Å². The molecule has 23 heavy (non-hydrogen) atoms. The van der Waals surface area contributed by atoms with Crippen molar-refractivity contribution in [1.29, 1.82) is 0 Å². The van der Waals surface area contributed by atoms with Crippen LogP contribution in [0.15, 0.2) is 72.8 Å². The molecule has 2 heteroatoms. The Hall–Kier alpha value is -3.05. The summed E-state index contributed by atoms with van der Waals surface area (Å²) in [5.74, 6) is 2.80. The largest absolute Gasteiger partial charge is 0.489 e. The van der Waals surface area contributed by atoms with E-state index in [0.29, 0.717) is 23.5 Å². The molecule has 0 fully saturated rings. The van der Waals surface area contributed by atoms with E-state index in [0.717, 1.165) is 11.1 Å². The van der Waals surface area contributed by atoms with Crippen LogP contribution in [0.3, 0.4) is 0 Å². The molecule has 0 unspecified atom stereocenters. The molecule has 1 nitrogen and oxygen atoms in total. The van der Waals surface area contributed by atoms with E-state index in [-0.39, 0.29) is 5.82 Å². The maximum atomic E-state index is 14.2. The third-order valence-corrected chi connectivity index (χ3v) is 3.53. The summed E-state index contributed by atoms with van der Waals surface area (Å²) in [5.41, 5.74) is 2.89. The molecule has 0 heterocycles. The minimum absolute atomic E-state index is 0.333. The molecule has 0 aliphatic carbocycles. The Labute approximate surface area is 135 Å². The highest BCUT2D eigenvalue weighted by molar-refractivity contribution is 5.66. The van der Waals surface area contributed by atoms with Gasteiger partial charge in [-0.1, -0.05) is 54.5 Å². The SMILES string of the molecule is C#Cc1ccc(-c2cccc(OCc3ccccc3)c2)c(F)c1. The van der Waals surface area contributed by atoms with Gasteiger partial charge in [0.2, 0.25) is 0 Å². The molecule has 0 spiro atoms. The van der Waals surface area contributed by atoms with Gasteiger partial charge in [-0.15, -0.1) is 6.42 Å². The molecule has 0 saturated heterocycles. The van der Waals surface area contributed by atoms with Crippen LogP contribution in [0.2, 0.25) is 0 Å². The van der Waals surface area contributed by atoms with Crippen LogP contribution in [0, 0.1) is 18.2 Å². The van der Waals surface area contributed by atoms with E-state index in [1.54, 1.807) is 12.1 Å². The lowest BCUT2D eigenvalue weighted by Crippen LogP contribution is -1.95. The fourth-order valence-corrected chi connectivity index (χ4v) is 2.33. The number of ether oxygens (including phenoxy) is 1. The summed E-state index contributed by atoms with van der Waals surface area (Å²) in [5, 5.41) is 0. The molecule has 0 aliphatic rings.